The lowest BCUT2D eigenvalue weighted by Gasteiger charge is -2.12. The van der Waals surface area contributed by atoms with Gasteiger partial charge in [-0.3, -0.25) is 0 Å². The molecule has 0 radical (unpaired) electrons. The first-order valence-electron chi connectivity index (χ1n) is 5.31. The summed E-state index contributed by atoms with van der Waals surface area (Å²) in [5.41, 5.74) is 6.71. The number of nitrogens with two attached hydrogens (primary N) is 1. The number of aromatic nitrogens is 1. The van der Waals surface area contributed by atoms with Crippen molar-refractivity contribution in [3.63, 3.8) is 0 Å². The number of benzene rings is 1. The van der Waals surface area contributed by atoms with Gasteiger partial charge < -0.3 is 10.5 Å². The summed E-state index contributed by atoms with van der Waals surface area (Å²) < 4.78 is 5.68. The summed E-state index contributed by atoms with van der Waals surface area (Å²) in [6.45, 7) is 1.89. The molecule has 2 N–H and O–H groups in total. The molecule has 0 unspecified atom stereocenters. The van der Waals surface area contributed by atoms with Crippen LogP contribution >= 0.6 is 11.6 Å². The van der Waals surface area contributed by atoms with Crippen molar-refractivity contribution in [2.24, 2.45) is 5.73 Å². The van der Waals surface area contributed by atoms with Gasteiger partial charge in [0, 0.05) is 17.8 Å². The van der Waals surface area contributed by atoms with Crippen molar-refractivity contribution in [1.29, 1.82) is 0 Å². The number of hydrogen-bond donors (Lipinski definition) is 1. The number of nitrogens with zero attached hydrogens (tertiary/aromatic N) is 1. The molecule has 17 heavy (non-hydrogen) atoms. The lowest BCUT2D eigenvalue weighted by Crippen LogP contribution is -2.07. The Morgan fingerprint density at radius 2 is 2.00 bits per heavy atom. The second-order valence-corrected chi connectivity index (χ2v) is 4.13. The highest BCUT2D eigenvalue weighted by Crippen LogP contribution is 2.30. The van der Waals surface area contributed by atoms with Crippen LogP contribution < -0.4 is 10.5 Å². The molecule has 2 aromatic rings. The number of para-hydroxylation sites is 1. The minimum Gasteiger partial charge on any atom is -0.437 e. The maximum absolute atomic E-state index is 6.02. The van der Waals surface area contributed by atoms with Gasteiger partial charge in [0.2, 0.25) is 5.88 Å². The molecule has 88 valence electrons. The summed E-state index contributed by atoms with van der Waals surface area (Å²) in [4.78, 5) is 4.18. The van der Waals surface area contributed by atoms with Crippen LogP contribution in [-0.4, -0.2) is 4.98 Å². The Balaban J connectivity index is 2.34. The minimum absolute atomic E-state index is 0.138. The van der Waals surface area contributed by atoms with E-state index in [1.807, 2.05) is 31.2 Å². The van der Waals surface area contributed by atoms with Gasteiger partial charge in [-0.25, -0.2) is 4.98 Å². The van der Waals surface area contributed by atoms with Gasteiger partial charge >= 0.3 is 0 Å². The van der Waals surface area contributed by atoms with Crippen LogP contribution in [0.5, 0.6) is 11.6 Å². The molecule has 1 aromatic heterocycles. The second kappa shape index (κ2) is 5.17. The quantitative estimate of drug-likeness (QED) is 0.904. The van der Waals surface area contributed by atoms with E-state index < -0.39 is 0 Å². The van der Waals surface area contributed by atoms with Gasteiger partial charge in [-0.15, -0.1) is 0 Å². The standard InChI is InChI=1S/C13H13ClN2O/c1-9(15)10-5-4-8-16-13(10)17-12-7-3-2-6-11(12)14/h2-9H,15H2,1H3/t9-/m0/s1. The Morgan fingerprint density at radius 1 is 1.24 bits per heavy atom. The zero-order valence-corrected chi connectivity index (χ0v) is 10.2. The van der Waals surface area contributed by atoms with Gasteiger partial charge in [0.05, 0.1) is 5.02 Å². The number of ether oxygens (including phenoxy) is 1. The highest BCUT2D eigenvalue weighted by molar-refractivity contribution is 6.32. The fraction of sp³-hybridized carbons (Fsp3) is 0.154. The molecule has 1 atom stereocenters. The third-order valence-electron chi connectivity index (χ3n) is 2.33. The third-order valence-corrected chi connectivity index (χ3v) is 2.65. The van der Waals surface area contributed by atoms with Crippen molar-refractivity contribution in [3.05, 3.63) is 53.2 Å². The zero-order chi connectivity index (χ0) is 12.3. The molecular weight excluding hydrogens is 236 g/mol. The summed E-state index contributed by atoms with van der Waals surface area (Å²) in [5, 5.41) is 0.550. The first kappa shape index (κ1) is 11.9. The zero-order valence-electron chi connectivity index (χ0n) is 9.43. The molecule has 0 bridgehead atoms. The Bertz CT molecular complexity index is 514. The van der Waals surface area contributed by atoms with Gasteiger partial charge in [-0.1, -0.05) is 29.8 Å². The molecule has 0 saturated heterocycles. The van der Waals surface area contributed by atoms with Crippen molar-refractivity contribution in [2.45, 2.75) is 13.0 Å². The van der Waals surface area contributed by atoms with E-state index in [-0.39, 0.29) is 6.04 Å². The summed E-state index contributed by atoms with van der Waals surface area (Å²) in [6.07, 6.45) is 1.66. The maximum atomic E-state index is 6.02. The normalized spacial score (nSPS) is 12.2. The van der Waals surface area contributed by atoms with Gasteiger partial charge in [0.15, 0.2) is 0 Å². The number of rotatable bonds is 3. The van der Waals surface area contributed by atoms with Crippen LogP contribution in [0.4, 0.5) is 0 Å². The van der Waals surface area contributed by atoms with Gasteiger partial charge in [0.25, 0.3) is 0 Å². The first-order valence-corrected chi connectivity index (χ1v) is 5.69. The van der Waals surface area contributed by atoms with Crippen molar-refractivity contribution in [2.75, 3.05) is 0 Å². The molecule has 0 fully saturated rings. The fourth-order valence-electron chi connectivity index (χ4n) is 1.47. The maximum Gasteiger partial charge on any atom is 0.224 e. The van der Waals surface area contributed by atoms with E-state index >= 15 is 0 Å². The van der Waals surface area contributed by atoms with Gasteiger partial charge in [-0.05, 0) is 25.1 Å². The molecular formula is C13H13ClN2O. The highest BCUT2D eigenvalue weighted by Gasteiger charge is 2.10. The molecule has 1 aromatic carbocycles. The van der Waals surface area contributed by atoms with Crippen molar-refractivity contribution >= 4 is 11.6 Å². The topological polar surface area (TPSA) is 48.1 Å². The Kier molecular flexibility index (Phi) is 3.61. The fourth-order valence-corrected chi connectivity index (χ4v) is 1.64. The number of hydrogen-bond acceptors (Lipinski definition) is 3. The molecule has 0 aliphatic heterocycles. The van der Waals surface area contributed by atoms with Crippen LogP contribution in [0.1, 0.15) is 18.5 Å². The summed E-state index contributed by atoms with van der Waals surface area (Å²) in [5.74, 6) is 1.07. The van der Waals surface area contributed by atoms with E-state index in [2.05, 4.69) is 4.98 Å². The lowest BCUT2D eigenvalue weighted by atomic mass is 10.1. The number of halogens is 1. The highest BCUT2D eigenvalue weighted by atomic mass is 35.5. The lowest BCUT2D eigenvalue weighted by molar-refractivity contribution is 0.452. The molecule has 0 amide bonds. The molecule has 0 aliphatic rings. The van der Waals surface area contributed by atoms with E-state index in [0.29, 0.717) is 16.7 Å². The Hall–Kier alpha value is -1.58. The van der Waals surface area contributed by atoms with Crippen LogP contribution in [0.15, 0.2) is 42.6 Å². The van der Waals surface area contributed by atoms with Crippen LogP contribution in [0.2, 0.25) is 5.02 Å². The van der Waals surface area contributed by atoms with E-state index in [1.165, 1.54) is 0 Å². The summed E-state index contributed by atoms with van der Waals surface area (Å²) in [7, 11) is 0. The average Bonchev–Trinajstić information content (AvgIpc) is 2.32. The van der Waals surface area contributed by atoms with E-state index in [9.17, 15) is 0 Å². The second-order valence-electron chi connectivity index (χ2n) is 3.72. The predicted octanol–water partition coefficient (Wildman–Crippen LogP) is 3.55. The molecule has 2 rings (SSSR count). The summed E-state index contributed by atoms with van der Waals surface area (Å²) >= 11 is 6.02. The molecule has 3 nitrogen and oxygen atoms in total. The Morgan fingerprint density at radius 3 is 2.71 bits per heavy atom. The molecule has 0 spiro atoms. The SMILES string of the molecule is C[C@H](N)c1cccnc1Oc1ccccc1Cl. The largest absolute Gasteiger partial charge is 0.437 e. The predicted molar refractivity (Wildman–Crippen MR) is 68.4 cm³/mol. The molecule has 4 heteroatoms. The van der Waals surface area contributed by atoms with Crippen LogP contribution in [0.3, 0.4) is 0 Å². The van der Waals surface area contributed by atoms with Crippen molar-refractivity contribution in [3.8, 4) is 11.6 Å². The van der Waals surface area contributed by atoms with Crippen LogP contribution in [-0.2, 0) is 0 Å². The number of pyridine rings is 1. The monoisotopic (exact) mass is 248 g/mol. The average molecular weight is 249 g/mol. The third kappa shape index (κ3) is 2.75. The first-order chi connectivity index (χ1) is 8.18. The minimum atomic E-state index is -0.138. The molecule has 0 saturated carbocycles. The van der Waals surface area contributed by atoms with E-state index in [4.69, 9.17) is 22.1 Å². The smallest absolute Gasteiger partial charge is 0.224 e. The van der Waals surface area contributed by atoms with Crippen LogP contribution in [0.25, 0.3) is 0 Å². The molecule has 0 aliphatic carbocycles. The van der Waals surface area contributed by atoms with E-state index in [1.54, 1.807) is 18.3 Å². The van der Waals surface area contributed by atoms with Gasteiger partial charge in [0.1, 0.15) is 5.75 Å². The van der Waals surface area contributed by atoms with E-state index in [0.717, 1.165) is 5.56 Å². The Labute approximate surface area is 105 Å². The van der Waals surface area contributed by atoms with Crippen LogP contribution in [0, 0.1) is 0 Å². The molecule has 1 heterocycles. The summed E-state index contributed by atoms with van der Waals surface area (Å²) in [6, 6.07) is 10.9. The van der Waals surface area contributed by atoms with Crippen molar-refractivity contribution in [1.82, 2.24) is 4.98 Å². The van der Waals surface area contributed by atoms with Gasteiger partial charge in [-0.2, -0.15) is 0 Å². The van der Waals surface area contributed by atoms with Crippen molar-refractivity contribution < 1.29 is 4.74 Å².